The Hall–Kier alpha value is -2.09. The Morgan fingerprint density at radius 2 is 1.88 bits per heavy atom. The molecule has 0 aromatic carbocycles. The third-order valence-corrected chi connectivity index (χ3v) is 4.99. The minimum Gasteiger partial charge on any atom is -0.466 e. The third kappa shape index (κ3) is 3.95. The van der Waals surface area contributed by atoms with Crippen molar-refractivity contribution in [3.05, 3.63) is 6.33 Å². The number of piperazine rings is 1. The van der Waals surface area contributed by atoms with Gasteiger partial charge in [-0.3, -0.25) is 4.79 Å². The molecule has 2 N–H and O–H groups in total. The van der Waals surface area contributed by atoms with Crippen molar-refractivity contribution < 1.29 is 9.53 Å². The fourth-order valence-electron chi connectivity index (χ4n) is 3.52. The zero-order valence-electron chi connectivity index (χ0n) is 15.1. The van der Waals surface area contributed by atoms with Crippen LogP contribution < -0.4 is 15.5 Å². The average Bonchev–Trinajstić information content (AvgIpc) is 2.63. The molecule has 2 fully saturated rings. The van der Waals surface area contributed by atoms with Gasteiger partial charge in [0.25, 0.3) is 0 Å². The highest BCUT2D eigenvalue weighted by molar-refractivity contribution is 5.78. The van der Waals surface area contributed by atoms with E-state index in [0.29, 0.717) is 18.8 Å². The number of nitrogens with two attached hydrogens (primary N) is 1. The smallest absolute Gasteiger partial charge is 0.310 e. The maximum atomic E-state index is 12.1. The van der Waals surface area contributed by atoms with E-state index in [2.05, 4.69) is 31.7 Å². The van der Waals surface area contributed by atoms with Crippen LogP contribution in [0.3, 0.4) is 0 Å². The molecule has 0 amide bonds. The lowest BCUT2D eigenvalue weighted by atomic mass is 9.98. The van der Waals surface area contributed by atoms with E-state index in [1.807, 2.05) is 6.92 Å². The Morgan fingerprint density at radius 1 is 1.20 bits per heavy atom. The van der Waals surface area contributed by atoms with Crippen LogP contribution in [-0.2, 0) is 9.53 Å². The number of rotatable bonds is 4. The second kappa shape index (κ2) is 7.86. The number of carbonyl (C=O) groups is 1. The van der Waals surface area contributed by atoms with Gasteiger partial charge in [0, 0.05) is 39.3 Å². The van der Waals surface area contributed by atoms with Gasteiger partial charge in [0.2, 0.25) is 0 Å². The molecule has 0 radical (unpaired) electrons. The van der Waals surface area contributed by atoms with Crippen molar-refractivity contribution in [1.29, 1.82) is 0 Å². The number of anilines is 3. The molecule has 25 heavy (non-hydrogen) atoms. The van der Waals surface area contributed by atoms with Crippen molar-refractivity contribution in [2.75, 3.05) is 68.5 Å². The van der Waals surface area contributed by atoms with Gasteiger partial charge in [-0.15, -0.1) is 0 Å². The number of nitrogens with zero attached hydrogens (tertiary/aromatic N) is 5. The van der Waals surface area contributed by atoms with Gasteiger partial charge in [0.05, 0.1) is 12.5 Å². The highest BCUT2D eigenvalue weighted by Gasteiger charge is 2.29. The largest absolute Gasteiger partial charge is 0.466 e. The molecule has 3 heterocycles. The summed E-state index contributed by atoms with van der Waals surface area (Å²) >= 11 is 0. The number of carbonyl (C=O) groups excluding carboxylic acids is 1. The van der Waals surface area contributed by atoms with Gasteiger partial charge in [-0.1, -0.05) is 0 Å². The Labute approximate surface area is 148 Å². The predicted octanol–water partition coefficient (Wildman–Crippen LogP) is 0.590. The summed E-state index contributed by atoms with van der Waals surface area (Å²) in [5.41, 5.74) is 7.03. The maximum Gasteiger partial charge on any atom is 0.310 e. The quantitative estimate of drug-likeness (QED) is 0.791. The van der Waals surface area contributed by atoms with E-state index in [9.17, 15) is 4.79 Å². The van der Waals surface area contributed by atoms with Crippen molar-refractivity contribution >= 4 is 23.3 Å². The number of piperidine rings is 1. The molecule has 2 saturated heterocycles. The number of hydrogen-bond acceptors (Lipinski definition) is 8. The van der Waals surface area contributed by atoms with Crippen LogP contribution in [0.2, 0.25) is 0 Å². The fraction of sp³-hybridized carbons (Fsp3) is 0.706. The summed E-state index contributed by atoms with van der Waals surface area (Å²) < 4.78 is 5.18. The first kappa shape index (κ1) is 17.7. The van der Waals surface area contributed by atoms with Crippen LogP contribution in [-0.4, -0.2) is 73.8 Å². The molecule has 1 aromatic heterocycles. The van der Waals surface area contributed by atoms with Crippen molar-refractivity contribution in [1.82, 2.24) is 14.9 Å². The summed E-state index contributed by atoms with van der Waals surface area (Å²) in [4.78, 5) is 27.5. The summed E-state index contributed by atoms with van der Waals surface area (Å²) in [5, 5.41) is 0. The molecule has 0 saturated carbocycles. The number of ether oxygens (including phenoxy) is 1. The Balaban J connectivity index is 1.76. The molecular formula is C17H28N6O2. The van der Waals surface area contributed by atoms with Gasteiger partial charge in [-0.2, -0.15) is 0 Å². The van der Waals surface area contributed by atoms with E-state index in [1.165, 1.54) is 0 Å². The molecule has 2 aliphatic heterocycles. The minimum atomic E-state index is -0.126. The number of nitrogen functional groups attached to an aromatic ring is 1. The number of hydrogen-bond donors (Lipinski definition) is 1. The second-order valence-corrected chi connectivity index (χ2v) is 6.76. The van der Waals surface area contributed by atoms with Crippen molar-refractivity contribution in [3.8, 4) is 0 Å². The van der Waals surface area contributed by atoms with Crippen LogP contribution in [0.4, 0.5) is 17.3 Å². The molecule has 1 unspecified atom stereocenters. The highest BCUT2D eigenvalue weighted by atomic mass is 16.5. The van der Waals surface area contributed by atoms with E-state index in [1.54, 1.807) is 6.33 Å². The molecule has 138 valence electrons. The van der Waals surface area contributed by atoms with Crippen molar-refractivity contribution in [2.24, 2.45) is 5.92 Å². The van der Waals surface area contributed by atoms with Crippen LogP contribution in [0.1, 0.15) is 19.8 Å². The Morgan fingerprint density at radius 3 is 2.56 bits per heavy atom. The molecule has 1 aromatic rings. The van der Waals surface area contributed by atoms with Gasteiger partial charge in [-0.05, 0) is 26.8 Å². The van der Waals surface area contributed by atoms with Gasteiger partial charge in [-0.25, -0.2) is 9.97 Å². The summed E-state index contributed by atoms with van der Waals surface area (Å²) in [6.45, 7) is 7.50. The molecule has 8 nitrogen and oxygen atoms in total. The van der Waals surface area contributed by atoms with Crippen LogP contribution in [0, 0.1) is 5.92 Å². The lowest BCUT2D eigenvalue weighted by Gasteiger charge is -2.36. The standard InChI is InChI=1S/C17H28N6O2/c1-3-25-17(24)13-5-4-6-23(11-13)16-14(18)15(19-12-20-16)22-9-7-21(2)8-10-22/h12-13H,3-11,18H2,1-2H3. The zero-order valence-corrected chi connectivity index (χ0v) is 15.1. The first-order chi connectivity index (χ1) is 12.1. The molecule has 8 heteroatoms. The molecule has 0 bridgehead atoms. The van der Waals surface area contributed by atoms with Gasteiger partial charge >= 0.3 is 5.97 Å². The normalized spacial score (nSPS) is 22.1. The summed E-state index contributed by atoms with van der Waals surface area (Å²) in [7, 11) is 2.12. The fourth-order valence-corrected chi connectivity index (χ4v) is 3.52. The lowest BCUT2D eigenvalue weighted by Crippen LogP contribution is -2.45. The molecular weight excluding hydrogens is 320 g/mol. The molecule has 3 rings (SSSR count). The second-order valence-electron chi connectivity index (χ2n) is 6.76. The van der Waals surface area contributed by atoms with Gasteiger partial charge < -0.3 is 25.2 Å². The van der Waals surface area contributed by atoms with Gasteiger partial charge in [0.15, 0.2) is 11.6 Å². The first-order valence-corrected chi connectivity index (χ1v) is 9.05. The topological polar surface area (TPSA) is 87.8 Å². The van der Waals surface area contributed by atoms with E-state index in [-0.39, 0.29) is 11.9 Å². The zero-order chi connectivity index (χ0) is 17.8. The lowest BCUT2D eigenvalue weighted by molar-refractivity contribution is -0.148. The van der Waals surface area contributed by atoms with Gasteiger partial charge in [0.1, 0.15) is 12.0 Å². The van der Waals surface area contributed by atoms with Crippen molar-refractivity contribution in [3.63, 3.8) is 0 Å². The van der Waals surface area contributed by atoms with E-state index in [0.717, 1.165) is 57.2 Å². The third-order valence-electron chi connectivity index (χ3n) is 4.99. The Kier molecular flexibility index (Phi) is 5.57. The first-order valence-electron chi connectivity index (χ1n) is 9.05. The maximum absolute atomic E-state index is 12.1. The summed E-state index contributed by atoms with van der Waals surface area (Å²) in [5.74, 6) is 1.29. The monoisotopic (exact) mass is 348 g/mol. The average molecular weight is 348 g/mol. The van der Waals surface area contributed by atoms with Crippen molar-refractivity contribution in [2.45, 2.75) is 19.8 Å². The SMILES string of the molecule is CCOC(=O)C1CCCN(c2ncnc(N3CCN(C)CC3)c2N)C1. The van der Waals surface area contributed by atoms with E-state index in [4.69, 9.17) is 10.5 Å². The van der Waals surface area contributed by atoms with Crippen LogP contribution >= 0.6 is 0 Å². The van der Waals surface area contributed by atoms with Crippen LogP contribution in [0.25, 0.3) is 0 Å². The number of esters is 1. The summed E-state index contributed by atoms with van der Waals surface area (Å²) in [6, 6.07) is 0. The predicted molar refractivity (Wildman–Crippen MR) is 97.7 cm³/mol. The highest BCUT2D eigenvalue weighted by Crippen LogP contribution is 2.32. The van der Waals surface area contributed by atoms with E-state index >= 15 is 0 Å². The summed E-state index contributed by atoms with van der Waals surface area (Å²) in [6.07, 6.45) is 3.36. The molecule has 0 aliphatic carbocycles. The number of likely N-dealkylation sites (N-methyl/N-ethyl adjacent to an activating group) is 1. The number of aromatic nitrogens is 2. The molecule has 2 aliphatic rings. The van der Waals surface area contributed by atoms with Crippen LogP contribution in [0.15, 0.2) is 6.33 Å². The minimum absolute atomic E-state index is 0.116. The molecule has 0 spiro atoms. The molecule has 1 atom stereocenters. The van der Waals surface area contributed by atoms with Crippen LogP contribution in [0.5, 0.6) is 0 Å². The van der Waals surface area contributed by atoms with E-state index < -0.39 is 0 Å². The Bertz CT molecular complexity index is 603.